The number of ether oxygens (including phenoxy) is 6. The third-order valence-corrected chi connectivity index (χ3v) is 11.3. The van der Waals surface area contributed by atoms with E-state index in [9.17, 15) is 19.5 Å². The molecule has 0 unspecified atom stereocenters. The van der Waals surface area contributed by atoms with Crippen molar-refractivity contribution in [2.24, 2.45) is 11.8 Å². The van der Waals surface area contributed by atoms with E-state index < -0.39 is 0 Å². The summed E-state index contributed by atoms with van der Waals surface area (Å²) < 4.78 is 38.8. The lowest BCUT2D eigenvalue weighted by molar-refractivity contribution is -0.152. The van der Waals surface area contributed by atoms with E-state index in [1.807, 2.05) is 52.3 Å². The van der Waals surface area contributed by atoms with Crippen molar-refractivity contribution < 1.29 is 49.3 Å². The number of aromatic nitrogens is 6. The van der Waals surface area contributed by atoms with Gasteiger partial charge in [0.25, 0.3) is 0 Å². The second-order valence-corrected chi connectivity index (χ2v) is 16.5. The van der Waals surface area contributed by atoms with Crippen molar-refractivity contribution in [1.82, 2.24) is 29.3 Å². The van der Waals surface area contributed by atoms with Crippen molar-refractivity contribution in [3.8, 4) is 11.5 Å². The zero-order chi connectivity index (χ0) is 45.5. The van der Waals surface area contributed by atoms with Crippen LogP contribution in [0.4, 0.5) is 0 Å². The van der Waals surface area contributed by atoms with Gasteiger partial charge in [-0.2, -0.15) is 15.3 Å². The fourth-order valence-corrected chi connectivity index (χ4v) is 8.17. The number of phenolic OH excluding ortho intramolecular Hbond substituents is 1. The first-order valence-corrected chi connectivity index (χ1v) is 22.2. The third-order valence-electron chi connectivity index (χ3n) is 11.3. The Morgan fingerprint density at radius 2 is 1.39 bits per heavy atom. The molecule has 0 radical (unpaired) electrons. The van der Waals surface area contributed by atoms with Crippen LogP contribution in [-0.2, 0) is 33.3 Å². The van der Waals surface area contributed by atoms with Gasteiger partial charge >= 0.3 is 11.9 Å². The molecule has 64 heavy (non-hydrogen) atoms. The first-order valence-electron chi connectivity index (χ1n) is 22.2. The predicted molar refractivity (Wildman–Crippen MR) is 245 cm³/mol. The first-order chi connectivity index (χ1) is 30.4. The van der Waals surface area contributed by atoms with Crippen molar-refractivity contribution in [2.75, 3.05) is 59.5 Å². The highest BCUT2D eigenvalue weighted by atomic mass is 16.5. The highest BCUT2D eigenvalue weighted by molar-refractivity contribution is 5.98. The van der Waals surface area contributed by atoms with Crippen LogP contribution in [0.2, 0.25) is 0 Å². The molecule has 3 aliphatic rings. The number of phenols is 1. The fraction of sp³-hybridized carbons (Fsp3) is 0.583. The predicted octanol–water partition coefficient (Wildman–Crippen LogP) is 8.41. The van der Waals surface area contributed by atoms with Gasteiger partial charge in [-0.25, -0.2) is 4.79 Å². The van der Waals surface area contributed by atoms with Crippen LogP contribution in [0, 0.1) is 11.8 Å². The maximum atomic E-state index is 12.1. The second kappa shape index (κ2) is 25.2. The molecule has 1 N–H and O–H groups in total. The summed E-state index contributed by atoms with van der Waals surface area (Å²) in [5, 5.41) is 22.9. The summed E-state index contributed by atoms with van der Waals surface area (Å²) in [4.78, 5) is 35.3. The standard InChI is InChI=1S/C19H24N2O4.C14H22N2O3.C14H20N2O3.CH4.H2/c1-13(2)21-17(6-8-20-21)16-12-24-9-7-14(16)11-25-19-5-3-4-18(23)15(19)10-22;2*1-4-19-14(17)11-6-8-18-9-12(11)13-5-7-15-16(13)10(2)3;;/h3-6,8,10,13-14,16,23H,7,9,11-12H2,1-2H3;5,7,10-12H,4,6,8-9H2,1-3H3;5,7,10H,4,6,8-9H2,1-3H3;1H4;1H/t14-,16-;11-,12+;;;/m01.../s1. The summed E-state index contributed by atoms with van der Waals surface area (Å²) in [5.74, 6) is 0.358. The van der Waals surface area contributed by atoms with Gasteiger partial charge in [-0.1, -0.05) is 13.5 Å². The van der Waals surface area contributed by atoms with Crippen LogP contribution in [0.1, 0.15) is 141 Å². The highest BCUT2D eigenvalue weighted by Crippen LogP contribution is 2.35. The summed E-state index contributed by atoms with van der Waals surface area (Å²) in [6.45, 7) is 20.9. The Morgan fingerprint density at radius 1 is 0.797 bits per heavy atom. The van der Waals surface area contributed by atoms with Gasteiger partial charge < -0.3 is 33.5 Å². The summed E-state index contributed by atoms with van der Waals surface area (Å²) in [6.07, 6.45) is 8.17. The van der Waals surface area contributed by atoms with E-state index in [0.717, 1.165) is 34.6 Å². The van der Waals surface area contributed by atoms with Gasteiger partial charge in [-0.3, -0.25) is 23.6 Å². The van der Waals surface area contributed by atoms with Crippen LogP contribution in [0.15, 0.2) is 60.6 Å². The summed E-state index contributed by atoms with van der Waals surface area (Å²) >= 11 is 0. The first kappa shape index (κ1) is 51.3. The Kier molecular flexibility index (Phi) is 20.2. The number of esters is 2. The Hall–Kier alpha value is -5.32. The minimum Gasteiger partial charge on any atom is -0.507 e. The van der Waals surface area contributed by atoms with Crippen LogP contribution in [0.25, 0.3) is 5.57 Å². The maximum Gasteiger partial charge on any atom is 0.334 e. The molecule has 2 fully saturated rings. The van der Waals surface area contributed by atoms with Crippen molar-refractivity contribution in [3.05, 3.63) is 83.2 Å². The number of hydrogen-bond donors (Lipinski definition) is 1. The molecule has 2 saturated heterocycles. The molecule has 0 saturated carbocycles. The number of rotatable bonds is 14. The van der Waals surface area contributed by atoms with Crippen molar-refractivity contribution in [2.45, 2.75) is 112 Å². The average Bonchev–Trinajstić information content (AvgIpc) is 4.09. The zero-order valence-electron chi connectivity index (χ0n) is 38.1. The molecular weight excluding hydrogens is 821 g/mol. The lowest BCUT2D eigenvalue weighted by Gasteiger charge is -2.32. The van der Waals surface area contributed by atoms with Crippen LogP contribution in [0.3, 0.4) is 0 Å². The van der Waals surface area contributed by atoms with E-state index in [2.05, 4.69) is 56.8 Å². The van der Waals surface area contributed by atoms with Crippen molar-refractivity contribution in [1.29, 1.82) is 0 Å². The highest BCUT2D eigenvalue weighted by Gasteiger charge is 2.36. The number of aromatic hydroxyl groups is 1. The zero-order valence-corrected chi connectivity index (χ0v) is 38.1. The molecule has 16 heteroatoms. The quantitative estimate of drug-likeness (QED) is 0.0943. The van der Waals surface area contributed by atoms with Crippen LogP contribution in [0.5, 0.6) is 11.5 Å². The monoisotopic (exact) mass is 893 g/mol. The van der Waals surface area contributed by atoms with E-state index in [1.165, 1.54) is 6.07 Å². The fourth-order valence-electron chi connectivity index (χ4n) is 8.17. The molecule has 0 bridgehead atoms. The summed E-state index contributed by atoms with van der Waals surface area (Å²) in [7, 11) is 0. The number of carbonyl (C=O) groups is 3. The van der Waals surface area contributed by atoms with Gasteiger partial charge in [0.15, 0.2) is 6.29 Å². The largest absolute Gasteiger partial charge is 0.507 e. The SMILES string of the molecule is C.CC(C)n1nccc1[C@H]1COCC[C@H]1COc1cccc(O)c1C=O.CCOC(=O)C1=C(c2ccnn2C(C)C)COCC1.CCOC(=O)[C@@H]1CCOC[C@@H]1c1ccnn1C(C)C.[HH]. The lowest BCUT2D eigenvalue weighted by atomic mass is 9.85. The van der Waals surface area contributed by atoms with Gasteiger partial charge in [-0.15, -0.1) is 0 Å². The van der Waals surface area contributed by atoms with E-state index in [0.29, 0.717) is 84.3 Å². The average molecular weight is 893 g/mol. The number of hydrogen-bond acceptors (Lipinski definition) is 13. The second-order valence-electron chi connectivity index (χ2n) is 16.5. The molecule has 0 spiro atoms. The molecular formula is C48H72N6O10. The molecule has 4 aromatic rings. The minimum absolute atomic E-state index is 0. The molecule has 16 nitrogen and oxygen atoms in total. The minimum atomic E-state index is -0.239. The Bertz CT molecular complexity index is 2110. The maximum absolute atomic E-state index is 12.1. The van der Waals surface area contributed by atoms with Gasteiger partial charge in [0.05, 0.1) is 63.4 Å². The summed E-state index contributed by atoms with van der Waals surface area (Å²) in [6, 6.07) is 11.6. The summed E-state index contributed by atoms with van der Waals surface area (Å²) in [5.41, 5.74) is 4.96. The topological polar surface area (TPSA) is 180 Å². The van der Waals surface area contributed by atoms with Crippen molar-refractivity contribution in [3.63, 3.8) is 0 Å². The Labute approximate surface area is 379 Å². The van der Waals surface area contributed by atoms with Crippen LogP contribution in [-0.4, -0.2) is 112 Å². The number of aldehydes is 1. The van der Waals surface area contributed by atoms with Crippen LogP contribution >= 0.6 is 0 Å². The van der Waals surface area contributed by atoms with E-state index in [-0.39, 0.29) is 73.9 Å². The molecule has 0 aliphatic carbocycles. The molecule has 354 valence electrons. The van der Waals surface area contributed by atoms with Gasteiger partial charge in [0, 0.05) is 98.1 Å². The number of benzene rings is 1. The van der Waals surface area contributed by atoms with E-state index >= 15 is 0 Å². The molecule has 1 aromatic carbocycles. The third kappa shape index (κ3) is 12.9. The van der Waals surface area contributed by atoms with E-state index in [4.69, 9.17) is 28.4 Å². The Morgan fingerprint density at radius 3 is 2.02 bits per heavy atom. The molecule has 6 heterocycles. The smallest absolute Gasteiger partial charge is 0.334 e. The van der Waals surface area contributed by atoms with Gasteiger partial charge in [0.2, 0.25) is 0 Å². The number of nitrogens with zero attached hydrogens (tertiary/aromatic N) is 6. The molecule has 7 rings (SSSR count). The van der Waals surface area contributed by atoms with Crippen LogP contribution < -0.4 is 4.74 Å². The van der Waals surface area contributed by atoms with E-state index in [1.54, 1.807) is 24.5 Å². The molecule has 3 aliphatic heterocycles. The number of carbonyl (C=O) groups excluding carboxylic acids is 3. The molecule has 3 aromatic heterocycles. The normalized spacial score (nSPS) is 19.8. The Balaban J connectivity index is 0.000000259. The van der Waals surface area contributed by atoms with Crippen molar-refractivity contribution >= 4 is 23.8 Å². The van der Waals surface area contributed by atoms with Gasteiger partial charge in [0.1, 0.15) is 11.5 Å². The molecule has 0 amide bonds. The van der Waals surface area contributed by atoms with Gasteiger partial charge in [-0.05, 0) is 98.6 Å². The lowest BCUT2D eigenvalue weighted by Crippen LogP contribution is -2.34. The molecule has 4 atom stereocenters.